The Labute approximate surface area is 270 Å². The van der Waals surface area contributed by atoms with Crippen LogP contribution in [0.2, 0.25) is 0 Å². The van der Waals surface area contributed by atoms with E-state index < -0.39 is 17.4 Å². The Hall–Kier alpha value is -6.02. The summed E-state index contributed by atoms with van der Waals surface area (Å²) in [6, 6.07) is 39.4. The fraction of sp³-hybridized carbons (Fsp3) is 0.128. The normalized spacial score (nSPS) is 12.7. The molecule has 0 saturated heterocycles. The van der Waals surface area contributed by atoms with Crippen molar-refractivity contribution >= 4 is 11.9 Å². The minimum Gasteiger partial charge on any atom is -0.493 e. The van der Waals surface area contributed by atoms with Crippen molar-refractivity contribution in [3.05, 3.63) is 167 Å². The number of carboxylic acid groups (broad SMARTS) is 2. The molecule has 234 valence electrons. The van der Waals surface area contributed by atoms with Crippen molar-refractivity contribution in [1.29, 1.82) is 0 Å². The molecule has 1 aliphatic rings. The monoisotopic (exact) mass is 626 g/mol. The van der Waals surface area contributed by atoms with Crippen LogP contribution < -0.4 is 9.47 Å². The van der Waals surface area contributed by atoms with Crippen molar-refractivity contribution in [1.82, 2.24) is 0 Å². The number of fused-ring (bicyclic) bond motifs is 3. The number of ether oxygens (including phenoxy) is 2. The maximum absolute atomic E-state index is 11.1. The van der Waals surface area contributed by atoms with Gasteiger partial charge in [0.15, 0.2) is 0 Å². The Bertz CT molecular complexity index is 1900. The van der Waals surface area contributed by atoms with Crippen molar-refractivity contribution < 1.29 is 38.1 Å². The first kappa shape index (κ1) is 29.7. The molecule has 2 heterocycles. The molecule has 0 atom stereocenters. The van der Waals surface area contributed by atoms with Crippen LogP contribution in [0, 0.1) is 0 Å². The van der Waals surface area contributed by atoms with Crippen LogP contribution in [0.1, 0.15) is 54.9 Å². The van der Waals surface area contributed by atoms with Gasteiger partial charge in [-0.15, -0.1) is 0 Å². The molecule has 0 amide bonds. The third-order valence-corrected chi connectivity index (χ3v) is 8.51. The molecule has 7 rings (SSSR count). The van der Waals surface area contributed by atoms with Crippen molar-refractivity contribution in [2.75, 3.05) is 13.2 Å². The highest BCUT2D eigenvalue weighted by molar-refractivity contribution is 5.86. The van der Waals surface area contributed by atoms with Crippen LogP contribution in [0.25, 0.3) is 11.1 Å². The maximum Gasteiger partial charge on any atom is 0.371 e. The summed E-state index contributed by atoms with van der Waals surface area (Å²) in [5, 5.41) is 18.2. The predicted molar refractivity (Wildman–Crippen MR) is 173 cm³/mol. The first-order valence-electron chi connectivity index (χ1n) is 15.2. The van der Waals surface area contributed by atoms with E-state index in [1.165, 1.54) is 34.4 Å². The highest BCUT2D eigenvalue weighted by atomic mass is 16.5. The molecule has 0 unspecified atom stereocenters. The van der Waals surface area contributed by atoms with Gasteiger partial charge in [0.25, 0.3) is 0 Å². The molecule has 8 heteroatoms. The summed E-state index contributed by atoms with van der Waals surface area (Å²) < 4.78 is 22.7. The minimum atomic E-state index is -1.10. The lowest BCUT2D eigenvalue weighted by molar-refractivity contribution is 0.0650. The van der Waals surface area contributed by atoms with Gasteiger partial charge in [0.2, 0.25) is 11.5 Å². The Morgan fingerprint density at radius 1 is 0.532 bits per heavy atom. The largest absolute Gasteiger partial charge is 0.493 e. The fourth-order valence-electron chi connectivity index (χ4n) is 6.42. The van der Waals surface area contributed by atoms with E-state index >= 15 is 0 Å². The predicted octanol–water partition coefficient (Wildman–Crippen LogP) is 7.88. The number of hydrogen-bond donors (Lipinski definition) is 2. The van der Waals surface area contributed by atoms with Gasteiger partial charge < -0.3 is 28.5 Å². The molecule has 4 aromatic carbocycles. The number of carbonyl (C=O) groups is 2. The highest BCUT2D eigenvalue weighted by Gasteiger charge is 2.45. The zero-order valence-electron chi connectivity index (χ0n) is 25.2. The van der Waals surface area contributed by atoms with E-state index in [1.807, 2.05) is 24.3 Å². The third-order valence-electron chi connectivity index (χ3n) is 8.51. The molecule has 0 bridgehead atoms. The first-order chi connectivity index (χ1) is 22.9. The molecule has 0 spiro atoms. The Balaban J connectivity index is 1.16. The lowest BCUT2D eigenvalue weighted by Gasteiger charge is -2.34. The maximum atomic E-state index is 11.1. The van der Waals surface area contributed by atoms with Crippen molar-refractivity contribution in [3.63, 3.8) is 0 Å². The van der Waals surface area contributed by atoms with E-state index in [9.17, 15) is 9.59 Å². The topological polar surface area (TPSA) is 119 Å². The van der Waals surface area contributed by atoms with Crippen LogP contribution in [0.4, 0.5) is 0 Å². The Morgan fingerprint density at radius 2 is 0.936 bits per heavy atom. The van der Waals surface area contributed by atoms with Gasteiger partial charge in [-0.1, -0.05) is 72.8 Å². The molecule has 2 aromatic heterocycles. The molecule has 47 heavy (non-hydrogen) atoms. The smallest absolute Gasteiger partial charge is 0.371 e. The van der Waals surface area contributed by atoms with E-state index in [4.69, 9.17) is 28.5 Å². The molecule has 2 N–H and O–H groups in total. The summed E-state index contributed by atoms with van der Waals surface area (Å²) >= 11 is 0. The molecule has 6 aromatic rings. The average Bonchev–Trinajstić information content (AvgIpc) is 3.83. The average molecular weight is 627 g/mol. The number of aromatic carboxylic acids is 2. The van der Waals surface area contributed by atoms with Crippen molar-refractivity contribution in [3.8, 4) is 22.6 Å². The second-order valence-corrected chi connectivity index (χ2v) is 11.2. The SMILES string of the molecule is O=C(O)c1ccc(CCOc2ccc(C3(c4ccc(OCCc5ccc(C(=O)O)o5)cc4)c4ccccc4-c4ccccc43)cc2)o1. The quantitative estimate of drug-likeness (QED) is 0.141. The molecular formula is C39H30O8. The first-order valence-corrected chi connectivity index (χ1v) is 15.2. The zero-order chi connectivity index (χ0) is 32.4. The summed E-state index contributed by atoms with van der Waals surface area (Å²) in [6.07, 6.45) is 0.887. The van der Waals surface area contributed by atoms with E-state index in [1.54, 1.807) is 12.1 Å². The Kier molecular flexibility index (Phi) is 7.83. The molecule has 0 saturated carbocycles. The summed E-state index contributed by atoms with van der Waals surface area (Å²) in [5.41, 5.74) is 6.31. The number of hydrogen-bond acceptors (Lipinski definition) is 6. The van der Waals surface area contributed by atoms with Gasteiger partial charge in [0.1, 0.15) is 23.0 Å². The summed E-state index contributed by atoms with van der Waals surface area (Å²) in [6.45, 7) is 0.676. The van der Waals surface area contributed by atoms with E-state index in [-0.39, 0.29) is 11.5 Å². The van der Waals surface area contributed by atoms with Gasteiger partial charge in [-0.05, 0) is 81.9 Å². The number of carboxylic acids is 2. The standard InChI is InChI=1S/C39H30O8/c40-37(41)35-19-17-29(46-35)21-23-44-27-13-9-25(10-14-27)39(33-7-3-1-5-31(33)32-6-2-4-8-34(32)39)26-11-15-28(16-12-26)45-24-22-30-18-20-36(47-30)38(42)43/h1-20H,21-24H2,(H,40,41)(H,42,43). The molecule has 0 radical (unpaired) electrons. The second-order valence-electron chi connectivity index (χ2n) is 11.2. The number of benzene rings is 4. The van der Waals surface area contributed by atoms with Crippen LogP contribution in [0.15, 0.2) is 130 Å². The lowest BCUT2D eigenvalue weighted by atomic mass is 9.68. The molecule has 1 aliphatic carbocycles. The van der Waals surface area contributed by atoms with E-state index in [0.29, 0.717) is 49.1 Å². The zero-order valence-corrected chi connectivity index (χ0v) is 25.2. The van der Waals surface area contributed by atoms with Gasteiger partial charge in [0.05, 0.1) is 18.6 Å². The van der Waals surface area contributed by atoms with Gasteiger partial charge in [-0.2, -0.15) is 0 Å². The Morgan fingerprint density at radius 3 is 1.32 bits per heavy atom. The number of rotatable bonds is 12. The van der Waals surface area contributed by atoms with Crippen molar-refractivity contribution in [2.24, 2.45) is 0 Å². The highest BCUT2D eigenvalue weighted by Crippen LogP contribution is 2.56. The van der Waals surface area contributed by atoms with Crippen LogP contribution in [-0.2, 0) is 18.3 Å². The van der Waals surface area contributed by atoms with E-state index in [0.717, 1.165) is 11.1 Å². The third kappa shape index (κ3) is 5.55. The van der Waals surface area contributed by atoms with Gasteiger partial charge in [-0.25, -0.2) is 9.59 Å². The fourth-order valence-corrected chi connectivity index (χ4v) is 6.42. The molecular weight excluding hydrogens is 596 g/mol. The van der Waals surface area contributed by atoms with Gasteiger partial charge in [0, 0.05) is 12.8 Å². The van der Waals surface area contributed by atoms with E-state index in [2.05, 4.69) is 72.8 Å². The van der Waals surface area contributed by atoms with Gasteiger partial charge in [-0.3, -0.25) is 0 Å². The summed E-state index contributed by atoms with van der Waals surface area (Å²) in [4.78, 5) is 22.2. The van der Waals surface area contributed by atoms with Crippen molar-refractivity contribution in [2.45, 2.75) is 18.3 Å². The van der Waals surface area contributed by atoms with Gasteiger partial charge >= 0.3 is 11.9 Å². The molecule has 0 fully saturated rings. The summed E-state index contributed by atoms with van der Waals surface area (Å²) in [7, 11) is 0. The van der Waals surface area contributed by atoms with Crippen LogP contribution >= 0.6 is 0 Å². The number of furan rings is 2. The van der Waals surface area contributed by atoms with Crippen LogP contribution in [0.5, 0.6) is 11.5 Å². The second kappa shape index (κ2) is 12.4. The lowest BCUT2D eigenvalue weighted by Crippen LogP contribution is -2.28. The molecule has 0 aliphatic heterocycles. The van der Waals surface area contributed by atoms with Crippen LogP contribution in [-0.4, -0.2) is 35.4 Å². The van der Waals surface area contributed by atoms with Crippen LogP contribution in [0.3, 0.4) is 0 Å². The summed E-state index contributed by atoms with van der Waals surface area (Å²) in [5.74, 6) is 0.139. The minimum absolute atomic E-state index is 0.0867. The molecule has 8 nitrogen and oxygen atoms in total.